The number of hydrogen-bond donors (Lipinski definition) is 1. The van der Waals surface area contributed by atoms with Crippen molar-refractivity contribution in [2.45, 2.75) is 19.3 Å². The van der Waals surface area contributed by atoms with Crippen LogP contribution in [0.2, 0.25) is 0 Å². The second-order valence-corrected chi connectivity index (χ2v) is 4.60. The fourth-order valence-corrected chi connectivity index (χ4v) is 2.32. The van der Waals surface area contributed by atoms with E-state index in [0.29, 0.717) is 25.6 Å². The first-order valence-corrected chi connectivity index (χ1v) is 6.22. The molecule has 1 unspecified atom stereocenters. The highest BCUT2D eigenvalue weighted by atomic mass is 16.6. The van der Waals surface area contributed by atoms with Crippen LogP contribution in [-0.4, -0.2) is 38.0 Å². The number of carboxylic acid groups (broad SMARTS) is 1. The predicted octanol–water partition coefficient (Wildman–Crippen LogP) is 1.97. The van der Waals surface area contributed by atoms with E-state index in [1.807, 2.05) is 19.1 Å². The highest BCUT2D eigenvalue weighted by Crippen LogP contribution is 2.36. The molecule has 0 saturated heterocycles. The van der Waals surface area contributed by atoms with Crippen LogP contribution in [0.15, 0.2) is 12.1 Å². The third-order valence-electron chi connectivity index (χ3n) is 3.16. The maximum atomic E-state index is 10.9. The zero-order chi connectivity index (χ0) is 13.8. The van der Waals surface area contributed by atoms with Crippen LogP contribution in [0.3, 0.4) is 0 Å². The van der Waals surface area contributed by atoms with Gasteiger partial charge in [0.25, 0.3) is 0 Å². The van der Waals surface area contributed by atoms with Gasteiger partial charge < -0.3 is 19.3 Å². The molecule has 1 N–H and O–H groups in total. The van der Waals surface area contributed by atoms with E-state index in [4.69, 9.17) is 19.3 Å². The lowest BCUT2D eigenvalue weighted by atomic mass is 9.92. The Bertz CT molecular complexity index is 469. The van der Waals surface area contributed by atoms with Gasteiger partial charge in [-0.2, -0.15) is 0 Å². The molecule has 2 rings (SSSR count). The number of hydrogen-bond acceptors (Lipinski definition) is 4. The summed E-state index contributed by atoms with van der Waals surface area (Å²) in [5, 5.41) is 8.99. The Kier molecular flexibility index (Phi) is 4.27. The van der Waals surface area contributed by atoms with Gasteiger partial charge in [0.1, 0.15) is 13.2 Å². The summed E-state index contributed by atoms with van der Waals surface area (Å²) in [6, 6.07) is 3.77. The Hall–Kier alpha value is -1.75. The summed E-state index contributed by atoms with van der Waals surface area (Å²) in [6.07, 6.45) is 0.0360. The van der Waals surface area contributed by atoms with E-state index >= 15 is 0 Å². The number of rotatable bonds is 5. The van der Waals surface area contributed by atoms with E-state index in [2.05, 4.69) is 0 Å². The van der Waals surface area contributed by atoms with Gasteiger partial charge in [0, 0.05) is 13.0 Å². The highest BCUT2D eigenvalue weighted by Gasteiger charge is 2.21. The Morgan fingerprint density at radius 3 is 2.58 bits per heavy atom. The molecule has 5 heteroatoms. The third-order valence-corrected chi connectivity index (χ3v) is 3.16. The van der Waals surface area contributed by atoms with Crippen LogP contribution in [0.5, 0.6) is 11.5 Å². The largest absolute Gasteiger partial charge is 0.486 e. The molecule has 104 valence electrons. The van der Waals surface area contributed by atoms with Crippen molar-refractivity contribution in [2.75, 3.05) is 26.9 Å². The molecule has 0 amide bonds. The Labute approximate surface area is 112 Å². The number of methoxy groups -OCH3 is 1. The van der Waals surface area contributed by atoms with E-state index in [1.54, 1.807) is 7.11 Å². The zero-order valence-electron chi connectivity index (χ0n) is 11.1. The molecule has 1 aliphatic heterocycles. The SMILES string of the molecule is COCC(CC(=O)O)c1cc2c(cc1C)OCCO2. The topological polar surface area (TPSA) is 65.0 Å². The number of aliphatic carboxylic acids is 1. The van der Waals surface area contributed by atoms with Crippen molar-refractivity contribution in [3.05, 3.63) is 23.3 Å². The van der Waals surface area contributed by atoms with Gasteiger partial charge in [-0.3, -0.25) is 4.79 Å². The number of ether oxygens (including phenoxy) is 3. The minimum Gasteiger partial charge on any atom is -0.486 e. The molecule has 1 heterocycles. The van der Waals surface area contributed by atoms with Crippen molar-refractivity contribution in [3.8, 4) is 11.5 Å². The number of fused-ring (bicyclic) bond motifs is 1. The number of aryl methyl sites for hydroxylation is 1. The smallest absolute Gasteiger partial charge is 0.304 e. The summed E-state index contributed by atoms with van der Waals surface area (Å²) in [5.41, 5.74) is 1.93. The molecule has 0 saturated carbocycles. The third kappa shape index (κ3) is 3.17. The van der Waals surface area contributed by atoms with Gasteiger partial charge in [0.15, 0.2) is 11.5 Å². The predicted molar refractivity (Wildman–Crippen MR) is 69.0 cm³/mol. The lowest BCUT2D eigenvalue weighted by Gasteiger charge is -2.23. The average Bonchev–Trinajstić information content (AvgIpc) is 2.37. The van der Waals surface area contributed by atoms with Gasteiger partial charge in [-0.25, -0.2) is 0 Å². The Balaban J connectivity index is 2.32. The lowest BCUT2D eigenvalue weighted by molar-refractivity contribution is -0.137. The van der Waals surface area contributed by atoms with E-state index in [1.165, 1.54) is 0 Å². The van der Waals surface area contributed by atoms with Crippen molar-refractivity contribution in [1.82, 2.24) is 0 Å². The molecule has 1 atom stereocenters. The molecule has 5 nitrogen and oxygen atoms in total. The normalized spacial score (nSPS) is 15.1. The van der Waals surface area contributed by atoms with E-state index in [0.717, 1.165) is 16.9 Å². The lowest BCUT2D eigenvalue weighted by Crippen LogP contribution is -2.17. The fraction of sp³-hybridized carbons (Fsp3) is 0.500. The summed E-state index contributed by atoms with van der Waals surface area (Å²) >= 11 is 0. The summed E-state index contributed by atoms with van der Waals surface area (Å²) in [5.74, 6) is 0.381. The van der Waals surface area contributed by atoms with Crippen molar-refractivity contribution >= 4 is 5.97 Å². The van der Waals surface area contributed by atoms with Gasteiger partial charge >= 0.3 is 5.97 Å². The number of carbonyl (C=O) groups is 1. The highest BCUT2D eigenvalue weighted by molar-refractivity contribution is 5.68. The molecule has 1 aromatic rings. The first kappa shape index (κ1) is 13.7. The van der Waals surface area contributed by atoms with Crippen LogP contribution in [0.25, 0.3) is 0 Å². The molecule has 0 aromatic heterocycles. The molecular weight excluding hydrogens is 248 g/mol. The van der Waals surface area contributed by atoms with Crippen LogP contribution in [0.4, 0.5) is 0 Å². The molecule has 0 fully saturated rings. The Morgan fingerprint density at radius 1 is 1.37 bits per heavy atom. The van der Waals surface area contributed by atoms with Crippen LogP contribution in [0, 0.1) is 6.92 Å². The molecule has 0 bridgehead atoms. The van der Waals surface area contributed by atoms with E-state index in [9.17, 15) is 4.79 Å². The molecule has 1 aromatic carbocycles. The summed E-state index contributed by atoms with van der Waals surface area (Å²) < 4.78 is 16.2. The summed E-state index contributed by atoms with van der Waals surface area (Å²) in [6.45, 7) is 3.37. The summed E-state index contributed by atoms with van der Waals surface area (Å²) in [4.78, 5) is 10.9. The Morgan fingerprint density at radius 2 is 2.00 bits per heavy atom. The van der Waals surface area contributed by atoms with Crippen molar-refractivity contribution in [2.24, 2.45) is 0 Å². The van der Waals surface area contributed by atoms with Gasteiger partial charge in [-0.1, -0.05) is 0 Å². The van der Waals surface area contributed by atoms with Crippen molar-refractivity contribution in [3.63, 3.8) is 0 Å². The van der Waals surface area contributed by atoms with Crippen LogP contribution in [-0.2, 0) is 9.53 Å². The van der Waals surface area contributed by atoms with Crippen LogP contribution in [0.1, 0.15) is 23.5 Å². The zero-order valence-corrected chi connectivity index (χ0v) is 11.1. The average molecular weight is 266 g/mol. The summed E-state index contributed by atoms with van der Waals surface area (Å²) in [7, 11) is 1.57. The molecule has 19 heavy (non-hydrogen) atoms. The monoisotopic (exact) mass is 266 g/mol. The first-order valence-electron chi connectivity index (χ1n) is 6.22. The van der Waals surface area contributed by atoms with E-state index in [-0.39, 0.29) is 12.3 Å². The first-order chi connectivity index (χ1) is 9.11. The molecular formula is C14H18O5. The van der Waals surface area contributed by atoms with Crippen LogP contribution < -0.4 is 9.47 Å². The fourth-order valence-electron chi connectivity index (χ4n) is 2.32. The second kappa shape index (κ2) is 5.93. The molecule has 0 spiro atoms. The van der Waals surface area contributed by atoms with E-state index < -0.39 is 5.97 Å². The van der Waals surface area contributed by atoms with Gasteiger partial charge in [-0.15, -0.1) is 0 Å². The van der Waals surface area contributed by atoms with Crippen molar-refractivity contribution in [1.29, 1.82) is 0 Å². The number of benzene rings is 1. The second-order valence-electron chi connectivity index (χ2n) is 4.60. The minimum atomic E-state index is -0.837. The molecule has 1 aliphatic rings. The van der Waals surface area contributed by atoms with Crippen molar-refractivity contribution < 1.29 is 24.1 Å². The van der Waals surface area contributed by atoms with Gasteiger partial charge in [-0.05, 0) is 30.2 Å². The molecule has 0 aliphatic carbocycles. The molecule has 0 radical (unpaired) electrons. The maximum absolute atomic E-state index is 10.9. The number of carboxylic acids is 1. The quantitative estimate of drug-likeness (QED) is 0.882. The van der Waals surface area contributed by atoms with Crippen LogP contribution >= 0.6 is 0 Å². The standard InChI is InChI=1S/C14H18O5/c1-9-5-12-13(19-4-3-18-12)7-11(9)10(8-17-2)6-14(15)16/h5,7,10H,3-4,6,8H2,1-2H3,(H,15,16). The van der Waals surface area contributed by atoms with Gasteiger partial charge in [0.05, 0.1) is 13.0 Å². The van der Waals surface area contributed by atoms with Gasteiger partial charge in [0.2, 0.25) is 0 Å². The maximum Gasteiger partial charge on any atom is 0.304 e. The minimum absolute atomic E-state index is 0.0360.